The highest BCUT2D eigenvalue weighted by Gasteiger charge is 1.93. The summed E-state index contributed by atoms with van der Waals surface area (Å²) in [5.74, 6) is 1.59. The van der Waals surface area contributed by atoms with Gasteiger partial charge >= 0.3 is 0 Å². The topological polar surface area (TPSA) is 17.1 Å². The fraction of sp³-hybridized carbons (Fsp3) is 0.889. The van der Waals surface area contributed by atoms with E-state index >= 15 is 0 Å². The third kappa shape index (κ3) is 10.0. The molecule has 0 bridgehead atoms. The number of carbonyl (C=O) groups excluding carboxylic acids is 1. The molecule has 0 rings (SSSR count). The SMILES string of the molecule is CSCCCCCCC(C)=O. The summed E-state index contributed by atoms with van der Waals surface area (Å²) in [6.45, 7) is 1.67. The van der Waals surface area contributed by atoms with E-state index in [2.05, 4.69) is 6.26 Å². The summed E-state index contributed by atoms with van der Waals surface area (Å²) >= 11 is 1.90. The molecular weight excluding hydrogens is 156 g/mol. The number of Topliss-reactive ketones (excluding diaryl/α,β-unsaturated/α-hetero) is 1. The maximum atomic E-state index is 10.5. The van der Waals surface area contributed by atoms with Crippen molar-refractivity contribution in [3.8, 4) is 0 Å². The Balaban J connectivity index is 2.85. The zero-order valence-corrected chi connectivity index (χ0v) is 8.38. The Morgan fingerprint density at radius 2 is 1.82 bits per heavy atom. The molecule has 1 nitrogen and oxygen atoms in total. The van der Waals surface area contributed by atoms with Gasteiger partial charge in [0, 0.05) is 6.42 Å². The van der Waals surface area contributed by atoms with E-state index in [0.29, 0.717) is 5.78 Å². The second kappa shape index (κ2) is 8.12. The summed E-state index contributed by atoms with van der Waals surface area (Å²) in [5, 5.41) is 0. The fourth-order valence-electron chi connectivity index (χ4n) is 0.974. The third-order valence-corrected chi connectivity index (χ3v) is 2.32. The van der Waals surface area contributed by atoms with E-state index in [4.69, 9.17) is 0 Å². The Bertz CT molecular complexity index is 102. The first-order valence-corrected chi connectivity index (χ1v) is 5.65. The van der Waals surface area contributed by atoms with Gasteiger partial charge in [0.25, 0.3) is 0 Å². The molecule has 11 heavy (non-hydrogen) atoms. The minimum Gasteiger partial charge on any atom is -0.300 e. The van der Waals surface area contributed by atoms with Crippen molar-refractivity contribution in [1.82, 2.24) is 0 Å². The van der Waals surface area contributed by atoms with Gasteiger partial charge in [-0.1, -0.05) is 12.8 Å². The van der Waals surface area contributed by atoms with Crippen molar-refractivity contribution in [2.24, 2.45) is 0 Å². The quantitative estimate of drug-likeness (QED) is 0.552. The minimum atomic E-state index is 0.329. The molecule has 2 heteroatoms. The van der Waals surface area contributed by atoms with Gasteiger partial charge in [-0.3, -0.25) is 0 Å². The maximum absolute atomic E-state index is 10.5. The van der Waals surface area contributed by atoms with E-state index in [1.165, 1.54) is 25.0 Å². The van der Waals surface area contributed by atoms with E-state index in [9.17, 15) is 4.79 Å². The van der Waals surface area contributed by atoms with Crippen molar-refractivity contribution >= 4 is 17.5 Å². The fourth-order valence-corrected chi connectivity index (χ4v) is 1.47. The molecule has 0 aliphatic carbocycles. The largest absolute Gasteiger partial charge is 0.300 e. The van der Waals surface area contributed by atoms with Gasteiger partial charge in [0.05, 0.1) is 0 Å². The number of carbonyl (C=O) groups is 1. The molecule has 0 atom stereocenters. The molecule has 66 valence electrons. The molecule has 0 saturated carbocycles. The lowest BCUT2D eigenvalue weighted by Crippen LogP contribution is -1.89. The first-order chi connectivity index (χ1) is 5.27. The van der Waals surface area contributed by atoms with Gasteiger partial charge in [-0.25, -0.2) is 0 Å². The lowest BCUT2D eigenvalue weighted by atomic mass is 10.1. The molecule has 0 heterocycles. The van der Waals surface area contributed by atoms with Gasteiger partial charge in [-0.05, 0) is 31.8 Å². The highest BCUT2D eigenvalue weighted by Crippen LogP contribution is 2.06. The van der Waals surface area contributed by atoms with E-state index in [-0.39, 0.29) is 0 Å². The predicted octanol–water partition coefficient (Wildman–Crippen LogP) is 2.89. The average Bonchev–Trinajstić information content (AvgIpc) is 1.96. The smallest absolute Gasteiger partial charge is 0.129 e. The van der Waals surface area contributed by atoms with Crippen LogP contribution in [0.4, 0.5) is 0 Å². The van der Waals surface area contributed by atoms with Crippen molar-refractivity contribution in [3.05, 3.63) is 0 Å². The van der Waals surface area contributed by atoms with Crippen molar-refractivity contribution in [2.45, 2.75) is 39.0 Å². The van der Waals surface area contributed by atoms with Crippen LogP contribution in [0.5, 0.6) is 0 Å². The first kappa shape index (κ1) is 11.0. The molecule has 0 saturated heterocycles. The van der Waals surface area contributed by atoms with E-state index < -0.39 is 0 Å². The Kier molecular flexibility index (Phi) is 8.13. The number of unbranched alkanes of at least 4 members (excludes halogenated alkanes) is 3. The van der Waals surface area contributed by atoms with Crippen LogP contribution in [0.1, 0.15) is 39.0 Å². The molecule has 0 aromatic heterocycles. The monoisotopic (exact) mass is 174 g/mol. The van der Waals surface area contributed by atoms with Crippen LogP contribution in [-0.4, -0.2) is 17.8 Å². The summed E-state index contributed by atoms with van der Waals surface area (Å²) in [4.78, 5) is 10.5. The van der Waals surface area contributed by atoms with Gasteiger partial charge in [0.2, 0.25) is 0 Å². The molecular formula is C9H18OS. The van der Waals surface area contributed by atoms with Crippen LogP contribution in [0.2, 0.25) is 0 Å². The summed E-state index contributed by atoms with van der Waals surface area (Å²) in [7, 11) is 0. The first-order valence-electron chi connectivity index (χ1n) is 4.25. The Morgan fingerprint density at radius 1 is 1.18 bits per heavy atom. The van der Waals surface area contributed by atoms with Crippen LogP contribution >= 0.6 is 11.8 Å². The van der Waals surface area contributed by atoms with E-state index in [0.717, 1.165) is 12.8 Å². The van der Waals surface area contributed by atoms with Crippen LogP contribution in [0.3, 0.4) is 0 Å². The number of thioether (sulfide) groups is 1. The van der Waals surface area contributed by atoms with E-state index in [1.54, 1.807) is 6.92 Å². The van der Waals surface area contributed by atoms with Gasteiger partial charge in [0.1, 0.15) is 5.78 Å². The van der Waals surface area contributed by atoms with Crippen molar-refractivity contribution in [1.29, 1.82) is 0 Å². The maximum Gasteiger partial charge on any atom is 0.129 e. The third-order valence-electron chi connectivity index (χ3n) is 1.63. The minimum absolute atomic E-state index is 0.329. The standard InChI is InChI=1S/C9H18OS/c1-9(10)7-5-3-4-6-8-11-2/h3-8H2,1-2H3. The average molecular weight is 174 g/mol. The highest BCUT2D eigenvalue weighted by molar-refractivity contribution is 7.98. The van der Waals surface area contributed by atoms with Gasteiger partial charge < -0.3 is 4.79 Å². The van der Waals surface area contributed by atoms with Crippen LogP contribution in [0, 0.1) is 0 Å². The molecule has 0 unspecified atom stereocenters. The zero-order chi connectivity index (χ0) is 8.53. The predicted molar refractivity (Wildman–Crippen MR) is 52.1 cm³/mol. The molecule has 0 spiro atoms. The van der Waals surface area contributed by atoms with Crippen molar-refractivity contribution in [3.63, 3.8) is 0 Å². The van der Waals surface area contributed by atoms with Crippen LogP contribution in [0.15, 0.2) is 0 Å². The zero-order valence-electron chi connectivity index (χ0n) is 7.56. The number of ketones is 1. The van der Waals surface area contributed by atoms with Gasteiger partial charge in [0.15, 0.2) is 0 Å². The molecule has 0 fully saturated rings. The Hall–Kier alpha value is 0.0200. The summed E-state index contributed by atoms with van der Waals surface area (Å²) < 4.78 is 0. The highest BCUT2D eigenvalue weighted by atomic mass is 32.2. The number of hydrogen-bond donors (Lipinski definition) is 0. The second-order valence-electron chi connectivity index (χ2n) is 2.86. The summed E-state index contributed by atoms with van der Waals surface area (Å²) in [5.41, 5.74) is 0. The summed E-state index contributed by atoms with van der Waals surface area (Å²) in [6.07, 6.45) is 7.81. The number of hydrogen-bond acceptors (Lipinski definition) is 2. The van der Waals surface area contributed by atoms with Crippen molar-refractivity contribution in [2.75, 3.05) is 12.0 Å². The van der Waals surface area contributed by atoms with E-state index in [1.807, 2.05) is 11.8 Å². The number of rotatable bonds is 7. The molecule has 0 radical (unpaired) electrons. The van der Waals surface area contributed by atoms with Gasteiger partial charge in [-0.15, -0.1) is 0 Å². The Labute approximate surface area is 73.9 Å². The molecule has 0 aromatic rings. The molecule has 0 aliphatic heterocycles. The molecule has 0 amide bonds. The second-order valence-corrected chi connectivity index (χ2v) is 3.84. The van der Waals surface area contributed by atoms with Crippen molar-refractivity contribution < 1.29 is 4.79 Å². The van der Waals surface area contributed by atoms with Gasteiger partial charge in [-0.2, -0.15) is 11.8 Å². The molecule has 0 aromatic carbocycles. The summed E-state index contributed by atoms with van der Waals surface area (Å²) in [6, 6.07) is 0. The van der Waals surface area contributed by atoms with Crippen LogP contribution < -0.4 is 0 Å². The normalized spacial score (nSPS) is 10.0. The van der Waals surface area contributed by atoms with Crippen LogP contribution in [-0.2, 0) is 4.79 Å². The Morgan fingerprint density at radius 3 is 2.36 bits per heavy atom. The molecule has 0 aliphatic rings. The van der Waals surface area contributed by atoms with Crippen LogP contribution in [0.25, 0.3) is 0 Å². The lowest BCUT2D eigenvalue weighted by Gasteiger charge is -1.97. The lowest BCUT2D eigenvalue weighted by molar-refractivity contribution is -0.117. The molecule has 0 N–H and O–H groups in total.